The standard InChI is InChI=1S/C22H30N2O5S/c1-17-10-5-7-12-20(17)29-16-18(2)23-22(25)14-9-15-24(30(4,26)27)19-11-6-8-13-21(19)28-3/h5-8,10-13,18H,9,14-16H2,1-4H3,(H,23,25)/t18-/m1/s1. The third-order valence-electron chi connectivity index (χ3n) is 4.51. The van der Waals surface area contributed by atoms with Gasteiger partial charge in [0.2, 0.25) is 15.9 Å². The number of ether oxygens (including phenoxy) is 2. The Morgan fingerprint density at radius 2 is 1.73 bits per heavy atom. The Labute approximate surface area is 179 Å². The zero-order valence-electron chi connectivity index (χ0n) is 17.9. The van der Waals surface area contributed by atoms with Crippen molar-refractivity contribution in [1.29, 1.82) is 0 Å². The van der Waals surface area contributed by atoms with Gasteiger partial charge in [-0.25, -0.2) is 8.42 Å². The Bertz CT molecular complexity index is 946. The molecule has 0 aliphatic rings. The SMILES string of the molecule is COc1ccccc1N(CCCC(=O)N[C@H](C)COc1ccccc1C)S(C)(=O)=O. The molecule has 0 unspecified atom stereocenters. The summed E-state index contributed by atoms with van der Waals surface area (Å²) < 4.78 is 36.8. The van der Waals surface area contributed by atoms with Crippen molar-refractivity contribution in [3.05, 3.63) is 54.1 Å². The van der Waals surface area contributed by atoms with Gasteiger partial charge in [0.25, 0.3) is 0 Å². The van der Waals surface area contributed by atoms with E-state index in [1.807, 2.05) is 38.1 Å². The van der Waals surface area contributed by atoms with Crippen LogP contribution < -0.4 is 19.1 Å². The summed E-state index contributed by atoms with van der Waals surface area (Å²) in [4.78, 5) is 12.3. The quantitative estimate of drug-likeness (QED) is 0.587. The van der Waals surface area contributed by atoms with E-state index in [1.165, 1.54) is 11.4 Å². The summed E-state index contributed by atoms with van der Waals surface area (Å²) in [6, 6.07) is 14.4. The van der Waals surface area contributed by atoms with Crippen molar-refractivity contribution < 1.29 is 22.7 Å². The van der Waals surface area contributed by atoms with Crippen LogP contribution in [0.25, 0.3) is 0 Å². The molecule has 0 fully saturated rings. The summed E-state index contributed by atoms with van der Waals surface area (Å²) in [5, 5.41) is 2.89. The minimum absolute atomic E-state index is 0.149. The zero-order chi connectivity index (χ0) is 22.1. The highest BCUT2D eigenvalue weighted by Gasteiger charge is 2.21. The summed E-state index contributed by atoms with van der Waals surface area (Å²) >= 11 is 0. The lowest BCUT2D eigenvalue weighted by Gasteiger charge is -2.24. The maximum absolute atomic E-state index is 12.3. The molecule has 0 bridgehead atoms. The van der Waals surface area contributed by atoms with Crippen molar-refractivity contribution in [3.63, 3.8) is 0 Å². The molecule has 8 heteroatoms. The topological polar surface area (TPSA) is 84.9 Å². The smallest absolute Gasteiger partial charge is 0.232 e. The van der Waals surface area contributed by atoms with Gasteiger partial charge in [0, 0.05) is 13.0 Å². The van der Waals surface area contributed by atoms with Gasteiger partial charge >= 0.3 is 0 Å². The number of carbonyl (C=O) groups is 1. The van der Waals surface area contributed by atoms with Crippen LogP contribution in [0.5, 0.6) is 11.5 Å². The van der Waals surface area contributed by atoms with Gasteiger partial charge < -0.3 is 14.8 Å². The predicted molar refractivity (Wildman–Crippen MR) is 119 cm³/mol. The number of rotatable bonds is 11. The van der Waals surface area contributed by atoms with Gasteiger partial charge in [0.05, 0.1) is 25.1 Å². The van der Waals surface area contributed by atoms with E-state index in [4.69, 9.17) is 9.47 Å². The number of carbonyl (C=O) groups excluding carboxylic acids is 1. The lowest BCUT2D eigenvalue weighted by atomic mass is 10.2. The average molecular weight is 435 g/mol. The maximum Gasteiger partial charge on any atom is 0.232 e. The fourth-order valence-corrected chi connectivity index (χ4v) is 3.97. The second-order valence-electron chi connectivity index (χ2n) is 7.16. The molecule has 2 rings (SSSR count). The van der Waals surface area contributed by atoms with Crippen molar-refractivity contribution in [3.8, 4) is 11.5 Å². The molecule has 1 atom stereocenters. The van der Waals surface area contributed by atoms with Crippen LogP contribution in [0.2, 0.25) is 0 Å². The number of nitrogens with zero attached hydrogens (tertiary/aromatic N) is 1. The molecule has 0 aromatic heterocycles. The first-order chi connectivity index (χ1) is 14.2. The third kappa shape index (κ3) is 6.95. The molecule has 30 heavy (non-hydrogen) atoms. The van der Waals surface area contributed by atoms with Crippen LogP contribution in [0.3, 0.4) is 0 Å². The van der Waals surface area contributed by atoms with Crippen molar-refractivity contribution >= 4 is 21.6 Å². The van der Waals surface area contributed by atoms with E-state index in [9.17, 15) is 13.2 Å². The Morgan fingerprint density at radius 3 is 2.37 bits per heavy atom. The Hall–Kier alpha value is -2.74. The van der Waals surface area contributed by atoms with Crippen LogP contribution >= 0.6 is 0 Å². The maximum atomic E-state index is 12.3. The highest BCUT2D eigenvalue weighted by atomic mass is 32.2. The molecule has 0 aliphatic heterocycles. The van der Waals surface area contributed by atoms with E-state index in [0.717, 1.165) is 17.6 Å². The molecule has 164 valence electrons. The van der Waals surface area contributed by atoms with Crippen molar-refractivity contribution in [2.45, 2.75) is 32.7 Å². The molecule has 1 N–H and O–H groups in total. The second kappa shape index (κ2) is 10.9. The van der Waals surface area contributed by atoms with Crippen molar-refractivity contribution in [2.75, 3.05) is 30.8 Å². The summed E-state index contributed by atoms with van der Waals surface area (Å²) in [5.74, 6) is 1.11. The van der Waals surface area contributed by atoms with E-state index < -0.39 is 10.0 Å². The number of nitrogens with one attached hydrogen (secondary N) is 1. The molecule has 1 amide bonds. The van der Waals surface area contributed by atoms with Crippen molar-refractivity contribution in [2.24, 2.45) is 0 Å². The van der Waals surface area contributed by atoms with E-state index in [0.29, 0.717) is 24.5 Å². The average Bonchev–Trinajstić information content (AvgIpc) is 2.69. The number of sulfonamides is 1. The van der Waals surface area contributed by atoms with E-state index in [2.05, 4.69) is 5.32 Å². The Balaban J connectivity index is 1.86. The van der Waals surface area contributed by atoms with E-state index in [1.54, 1.807) is 24.3 Å². The number of hydrogen-bond donors (Lipinski definition) is 1. The van der Waals surface area contributed by atoms with Crippen LogP contribution in [0.1, 0.15) is 25.3 Å². The van der Waals surface area contributed by atoms with Gasteiger partial charge in [-0.05, 0) is 44.0 Å². The largest absolute Gasteiger partial charge is 0.495 e. The molecule has 2 aromatic rings. The van der Waals surface area contributed by atoms with Gasteiger partial charge in [0.15, 0.2) is 0 Å². The number of methoxy groups -OCH3 is 1. The number of amides is 1. The Morgan fingerprint density at radius 1 is 1.10 bits per heavy atom. The predicted octanol–water partition coefficient (Wildman–Crippen LogP) is 3.13. The molecule has 0 saturated carbocycles. The van der Waals surface area contributed by atoms with Crippen LogP contribution in [0, 0.1) is 6.92 Å². The minimum Gasteiger partial charge on any atom is -0.495 e. The van der Waals surface area contributed by atoms with Crippen LogP contribution in [0.15, 0.2) is 48.5 Å². The van der Waals surface area contributed by atoms with Gasteiger partial charge in [0.1, 0.15) is 18.1 Å². The van der Waals surface area contributed by atoms with Crippen LogP contribution in [-0.2, 0) is 14.8 Å². The zero-order valence-corrected chi connectivity index (χ0v) is 18.7. The lowest BCUT2D eigenvalue weighted by Crippen LogP contribution is -2.37. The molecule has 7 nitrogen and oxygen atoms in total. The van der Waals surface area contributed by atoms with Gasteiger partial charge in [-0.2, -0.15) is 0 Å². The number of para-hydroxylation sites is 3. The van der Waals surface area contributed by atoms with Crippen LogP contribution in [0.4, 0.5) is 5.69 Å². The Kier molecular flexibility index (Phi) is 8.53. The number of hydrogen-bond acceptors (Lipinski definition) is 5. The fourth-order valence-electron chi connectivity index (χ4n) is 3.01. The summed E-state index contributed by atoms with van der Waals surface area (Å²) in [6.45, 7) is 4.37. The fraction of sp³-hybridized carbons (Fsp3) is 0.409. The van der Waals surface area contributed by atoms with E-state index >= 15 is 0 Å². The highest BCUT2D eigenvalue weighted by Crippen LogP contribution is 2.29. The molecule has 2 aromatic carbocycles. The van der Waals surface area contributed by atoms with E-state index in [-0.39, 0.29) is 24.9 Å². The second-order valence-corrected chi connectivity index (χ2v) is 9.06. The summed E-state index contributed by atoms with van der Waals surface area (Å²) in [6.07, 6.45) is 1.72. The first kappa shape index (κ1) is 23.5. The lowest BCUT2D eigenvalue weighted by molar-refractivity contribution is -0.121. The van der Waals surface area contributed by atoms with Gasteiger partial charge in [-0.15, -0.1) is 0 Å². The molecular weight excluding hydrogens is 404 g/mol. The van der Waals surface area contributed by atoms with Crippen molar-refractivity contribution in [1.82, 2.24) is 5.32 Å². The monoisotopic (exact) mass is 434 g/mol. The molecule has 0 aliphatic carbocycles. The summed E-state index contributed by atoms with van der Waals surface area (Å²) in [7, 11) is -2.02. The third-order valence-corrected chi connectivity index (χ3v) is 5.69. The molecule has 0 heterocycles. The van der Waals surface area contributed by atoms with Crippen LogP contribution in [-0.4, -0.2) is 46.9 Å². The first-order valence-corrected chi connectivity index (χ1v) is 11.7. The van der Waals surface area contributed by atoms with Gasteiger partial charge in [-0.1, -0.05) is 30.3 Å². The molecule has 0 saturated heterocycles. The summed E-state index contributed by atoms with van der Waals surface area (Å²) in [5.41, 5.74) is 1.50. The normalized spacial score (nSPS) is 12.1. The molecule has 0 radical (unpaired) electrons. The number of aryl methyl sites for hydroxylation is 1. The van der Waals surface area contributed by atoms with Gasteiger partial charge in [-0.3, -0.25) is 9.10 Å². The number of anilines is 1. The molecule has 0 spiro atoms. The molecular formula is C22H30N2O5S. The number of benzene rings is 2. The first-order valence-electron chi connectivity index (χ1n) is 9.81. The minimum atomic E-state index is -3.51. The highest BCUT2D eigenvalue weighted by molar-refractivity contribution is 7.92.